The minimum atomic E-state index is 0.501. The van der Waals surface area contributed by atoms with Crippen LogP contribution in [-0.4, -0.2) is 50.3 Å². The molecule has 18 heavy (non-hydrogen) atoms. The Balaban J connectivity index is 2.04. The highest BCUT2D eigenvalue weighted by Gasteiger charge is 2.21. The zero-order chi connectivity index (χ0) is 13.4. The molecule has 1 heterocycles. The first-order valence-electron chi connectivity index (χ1n) is 7.61. The van der Waals surface area contributed by atoms with Gasteiger partial charge in [0, 0.05) is 26.2 Å². The number of nitrogens with one attached hydrogen (secondary N) is 1. The fourth-order valence-corrected chi connectivity index (χ4v) is 2.65. The number of ether oxygens (including phenoxy) is 1. The number of nitrogens with zero attached hydrogens (tertiary/aromatic N) is 1. The topological polar surface area (TPSA) is 24.5 Å². The molecular weight excluding hydrogens is 224 g/mol. The van der Waals surface area contributed by atoms with Gasteiger partial charge in [-0.05, 0) is 51.6 Å². The Morgan fingerprint density at radius 3 is 2.44 bits per heavy atom. The summed E-state index contributed by atoms with van der Waals surface area (Å²) in [6.45, 7) is 11.6. The lowest BCUT2D eigenvalue weighted by atomic mass is 10.0. The quantitative estimate of drug-likeness (QED) is 0.675. The second-order valence-electron chi connectivity index (χ2n) is 6.06. The standard InChI is InChI=1S/C15H32N2O/c1-13(2)12-16-9-5-6-14(3)17-10-7-15(18-4)8-11-17/h13-16H,5-12H2,1-4H3. The van der Waals surface area contributed by atoms with Crippen molar-refractivity contribution in [1.29, 1.82) is 0 Å². The van der Waals surface area contributed by atoms with E-state index in [1.54, 1.807) is 0 Å². The van der Waals surface area contributed by atoms with E-state index in [4.69, 9.17) is 4.74 Å². The molecule has 1 rings (SSSR count). The van der Waals surface area contributed by atoms with Crippen molar-refractivity contribution in [2.45, 2.75) is 58.6 Å². The van der Waals surface area contributed by atoms with Crippen molar-refractivity contribution in [2.75, 3.05) is 33.3 Å². The summed E-state index contributed by atoms with van der Waals surface area (Å²) in [4.78, 5) is 2.62. The van der Waals surface area contributed by atoms with Crippen LogP contribution >= 0.6 is 0 Å². The Morgan fingerprint density at radius 1 is 1.22 bits per heavy atom. The van der Waals surface area contributed by atoms with Gasteiger partial charge in [-0.15, -0.1) is 0 Å². The van der Waals surface area contributed by atoms with Crippen molar-refractivity contribution in [3.05, 3.63) is 0 Å². The zero-order valence-corrected chi connectivity index (χ0v) is 12.7. The van der Waals surface area contributed by atoms with Crippen LogP contribution in [0.25, 0.3) is 0 Å². The summed E-state index contributed by atoms with van der Waals surface area (Å²) in [7, 11) is 1.84. The van der Waals surface area contributed by atoms with Gasteiger partial charge in [0.25, 0.3) is 0 Å². The van der Waals surface area contributed by atoms with Crippen LogP contribution in [0.15, 0.2) is 0 Å². The van der Waals surface area contributed by atoms with Crippen LogP contribution in [0.4, 0.5) is 0 Å². The molecule has 0 aliphatic carbocycles. The van der Waals surface area contributed by atoms with E-state index in [1.165, 1.54) is 38.8 Å². The number of hydrogen-bond acceptors (Lipinski definition) is 3. The van der Waals surface area contributed by atoms with Crippen molar-refractivity contribution >= 4 is 0 Å². The van der Waals surface area contributed by atoms with Crippen molar-refractivity contribution in [2.24, 2.45) is 5.92 Å². The molecule has 1 aliphatic heterocycles. The van der Waals surface area contributed by atoms with E-state index in [-0.39, 0.29) is 0 Å². The van der Waals surface area contributed by atoms with Crippen LogP contribution in [0.5, 0.6) is 0 Å². The molecule has 1 N–H and O–H groups in total. The Kier molecular flexibility index (Phi) is 7.87. The van der Waals surface area contributed by atoms with Crippen molar-refractivity contribution in [3.8, 4) is 0 Å². The Morgan fingerprint density at radius 2 is 1.89 bits per heavy atom. The van der Waals surface area contributed by atoms with E-state index in [0.29, 0.717) is 6.10 Å². The van der Waals surface area contributed by atoms with E-state index in [1.807, 2.05) is 7.11 Å². The van der Waals surface area contributed by atoms with Crippen LogP contribution in [0.1, 0.15) is 46.5 Å². The second-order valence-corrected chi connectivity index (χ2v) is 6.06. The van der Waals surface area contributed by atoms with Gasteiger partial charge in [-0.3, -0.25) is 0 Å². The summed E-state index contributed by atoms with van der Waals surface area (Å²) in [6.07, 6.45) is 5.50. The first-order valence-corrected chi connectivity index (χ1v) is 7.61. The molecule has 0 saturated carbocycles. The maximum absolute atomic E-state index is 5.42. The molecule has 0 radical (unpaired) electrons. The maximum atomic E-state index is 5.42. The molecule has 1 saturated heterocycles. The molecule has 0 amide bonds. The van der Waals surface area contributed by atoms with Crippen LogP contribution in [0.3, 0.4) is 0 Å². The predicted octanol–water partition coefficient (Wildman–Crippen LogP) is 2.51. The monoisotopic (exact) mass is 256 g/mol. The van der Waals surface area contributed by atoms with E-state index in [0.717, 1.165) is 25.0 Å². The van der Waals surface area contributed by atoms with Crippen LogP contribution < -0.4 is 5.32 Å². The van der Waals surface area contributed by atoms with Gasteiger partial charge in [0.15, 0.2) is 0 Å². The third kappa shape index (κ3) is 6.17. The van der Waals surface area contributed by atoms with Gasteiger partial charge < -0.3 is 15.0 Å². The fourth-order valence-electron chi connectivity index (χ4n) is 2.65. The van der Waals surface area contributed by atoms with Crippen molar-refractivity contribution in [3.63, 3.8) is 0 Å². The first kappa shape index (κ1) is 15.9. The summed E-state index contributed by atoms with van der Waals surface area (Å²) < 4.78 is 5.42. The molecule has 0 spiro atoms. The Bertz CT molecular complexity index is 201. The van der Waals surface area contributed by atoms with E-state index in [2.05, 4.69) is 31.0 Å². The van der Waals surface area contributed by atoms with Gasteiger partial charge in [-0.1, -0.05) is 13.8 Å². The molecular formula is C15H32N2O. The Hall–Kier alpha value is -0.120. The van der Waals surface area contributed by atoms with Gasteiger partial charge in [0.2, 0.25) is 0 Å². The molecule has 1 aliphatic rings. The summed E-state index contributed by atoms with van der Waals surface area (Å²) in [5.74, 6) is 0.760. The average Bonchev–Trinajstić information content (AvgIpc) is 2.38. The molecule has 1 atom stereocenters. The van der Waals surface area contributed by atoms with Gasteiger partial charge in [0.1, 0.15) is 0 Å². The first-order chi connectivity index (χ1) is 8.63. The second kappa shape index (κ2) is 8.89. The van der Waals surface area contributed by atoms with Crippen molar-refractivity contribution < 1.29 is 4.74 Å². The summed E-state index contributed by atoms with van der Waals surface area (Å²) >= 11 is 0. The number of methoxy groups -OCH3 is 1. The molecule has 0 aromatic carbocycles. The summed E-state index contributed by atoms with van der Waals surface area (Å²) in [5.41, 5.74) is 0. The number of rotatable bonds is 8. The smallest absolute Gasteiger partial charge is 0.0595 e. The van der Waals surface area contributed by atoms with Gasteiger partial charge in [-0.25, -0.2) is 0 Å². The zero-order valence-electron chi connectivity index (χ0n) is 12.7. The summed E-state index contributed by atoms with van der Waals surface area (Å²) in [6, 6.07) is 0.726. The molecule has 0 bridgehead atoms. The fraction of sp³-hybridized carbons (Fsp3) is 1.00. The van der Waals surface area contributed by atoms with Gasteiger partial charge >= 0.3 is 0 Å². The third-order valence-corrected chi connectivity index (χ3v) is 3.96. The maximum Gasteiger partial charge on any atom is 0.0595 e. The van der Waals surface area contributed by atoms with Gasteiger partial charge in [0.05, 0.1) is 6.10 Å². The minimum Gasteiger partial charge on any atom is -0.381 e. The lowest BCUT2D eigenvalue weighted by Crippen LogP contribution is -2.42. The van der Waals surface area contributed by atoms with Crippen LogP contribution in [0, 0.1) is 5.92 Å². The lowest BCUT2D eigenvalue weighted by Gasteiger charge is -2.35. The number of hydrogen-bond donors (Lipinski definition) is 1. The molecule has 1 unspecified atom stereocenters. The van der Waals surface area contributed by atoms with Crippen molar-refractivity contribution in [1.82, 2.24) is 10.2 Å². The highest BCUT2D eigenvalue weighted by Crippen LogP contribution is 2.17. The van der Waals surface area contributed by atoms with E-state index < -0.39 is 0 Å². The normalized spacial score (nSPS) is 20.5. The molecule has 0 aromatic heterocycles. The average molecular weight is 256 g/mol. The largest absolute Gasteiger partial charge is 0.381 e. The predicted molar refractivity (Wildman–Crippen MR) is 78.0 cm³/mol. The molecule has 0 aromatic rings. The SMILES string of the molecule is COC1CCN(C(C)CCCNCC(C)C)CC1. The minimum absolute atomic E-state index is 0.501. The highest BCUT2D eigenvalue weighted by molar-refractivity contribution is 4.76. The van der Waals surface area contributed by atoms with Crippen LogP contribution in [0.2, 0.25) is 0 Å². The van der Waals surface area contributed by atoms with Crippen LogP contribution in [-0.2, 0) is 4.74 Å². The summed E-state index contributed by atoms with van der Waals surface area (Å²) in [5, 5.41) is 3.52. The molecule has 1 fully saturated rings. The molecule has 3 heteroatoms. The number of piperidine rings is 1. The molecule has 3 nitrogen and oxygen atoms in total. The number of likely N-dealkylation sites (tertiary alicyclic amines) is 1. The van der Waals surface area contributed by atoms with E-state index in [9.17, 15) is 0 Å². The Labute approximate surface area is 113 Å². The molecule has 108 valence electrons. The van der Waals surface area contributed by atoms with E-state index >= 15 is 0 Å². The lowest BCUT2D eigenvalue weighted by molar-refractivity contribution is 0.0283. The third-order valence-electron chi connectivity index (χ3n) is 3.96. The highest BCUT2D eigenvalue weighted by atomic mass is 16.5. The van der Waals surface area contributed by atoms with Gasteiger partial charge in [-0.2, -0.15) is 0 Å².